The molecule has 32 heavy (non-hydrogen) atoms. The van der Waals surface area contributed by atoms with Crippen LogP contribution in [-0.2, 0) is 16.2 Å². The molecule has 2 aromatic rings. The molecule has 1 fully saturated rings. The third-order valence-electron chi connectivity index (χ3n) is 5.58. The van der Waals surface area contributed by atoms with E-state index in [1.807, 2.05) is 0 Å². The first-order valence-electron chi connectivity index (χ1n) is 10.5. The minimum atomic E-state index is -1.76. The zero-order valence-electron chi connectivity index (χ0n) is 18.8. The van der Waals surface area contributed by atoms with Gasteiger partial charge in [-0.1, -0.05) is 0 Å². The van der Waals surface area contributed by atoms with Crippen molar-refractivity contribution in [2.75, 3.05) is 0 Å². The third-order valence-corrected chi connectivity index (χ3v) is 7.19. The molecule has 0 heterocycles. The van der Waals surface area contributed by atoms with E-state index in [0.29, 0.717) is 22.3 Å². The quantitative estimate of drug-likeness (QED) is 0.503. The van der Waals surface area contributed by atoms with Crippen LogP contribution in [0.2, 0.25) is 0 Å². The van der Waals surface area contributed by atoms with E-state index in [0.717, 1.165) is 12.8 Å². The highest BCUT2D eigenvalue weighted by Gasteiger charge is 2.37. The van der Waals surface area contributed by atoms with E-state index in [1.54, 1.807) is 34.6 Å². The molecular formula is C24H28F3NO3S. The van der Waals surface area contributed by atoms with Gasteiger partial charge < -0.3 is 9.66 Å². The Bertz CT molecular complexity index is 1020. The molecule has 1 aliphatic rings. The first kappa shape index (κ1) is 24.6. The highest BCUT2D eigenvalue weighted by atomic mass is 32.2. The monoisotopic (exact) mass is 467 g/mol. The Morgan fingerprint density at radius 2 is 1.72 bits per heavy atom. The molecule has 3 rings (SSSR count). The van der Waals surface area contributed by atoms with Crippen molar-refractivity contribution in [3.8, 4) is 11.1 Å². The standard InChI is InChI=1S/C24H28F3NO3S/c1-12-8-15(25)9-13(2)20(12)17-10-16(14-6-7-14)22(26)21(23(17)27)18(11-19(29)30)28-32(31)24(3,4)5/h8-10,14,18,28H,6-7,11H2,1-5H3,(H,29,30)/t18-,32+/m0/s1. The average Bonchev–Trinajstić information content (AvgIpc) is 3.46. The fraction of sp³-hybridized carbons (Fsp3) is 0.458. The lowest BCUT2D eigenvalue weighted by atomic mass is 9.88. The number of nitrogens with one attached hydrogen (secondary N) is 1. The Balaban J connectivity index is 2.25. The molecule has 4 nitrogen and oxygen atoms in total. The minimum absolute atomic E-state index is 0.0900. The molecular weight excluding hydrogens is 439 g/mol. The summed E-state index contributed by atoms with van der Waals surface area (Å²) < 4.78 is 59.9. The lowest BCUT2D eigenvalue weighted by molar-refractivity contribution is -0.137. The topological polar surface area (TPSA) is 72.4 Å². The van der Waals surface area contributed by atoms with Crippen LogP contribution in [0.3, 0.4) is 0 Å². The maximum absolute atomic E-state index is 15.9. The van der Waals surface area contributed by atoms with E-state index in [2.05, 4.69) is 4.72 Å². The summed E-state index contributed by atoms with van der Waals surface area (Å²) in [5.74, 6) is -3.56. The predicted octanol–water partition coefficient (Wildman–Crippen LogP) is 5.83. The number of aryl methyl sites for hydroxylation is 2. The predicted molar refractivity (Wildman–Crippen MR) is 119 cm³/mol. The van der Waals surface area contributed by atoms with Crippen molar-refractivity contribution in [3.63, 3.8) is 0 Å². The average molecular weight is 468 g/mol. The van der Waals surface area contributed by atoms with E-state index >= 15 is 8.78 Å². The normalized spacial score (nSPS) is 16.2. The van der Waals surface area contributed by atoms with Crippen LogP contribution in [0.5, 0.6) is 0 Å². The molecule has 8 heteroatoms. The molecule has 0 radical (unpaired) electrons. The first-order valence-corrected chi connectivity index (χ1v) is 11.6. The smallest absolute Gasteiger partial charge is 0.305 e. The van der Waals surface area contributed by atoms with Gasteiger partial charge in [-0.25, -0.2) is 13.2 Å². The summed E-state index contributed by atoms with van der Waals surface area (Å²) in [4.78, 5) is 11.5. The van der Waals surface area contributed by atoms with Crippen LogP contribution in [0.25, 0.3) is 11.1 Å². The van der Waals surface area contributed by atoms with E-state index in [4.69, 9.17) is 0 Å². The zero-order chi connectivity index (χ0) is 24.0. The highest BCUT2D eigenvalue weighted by molar-refractivity contribution is 7.90. The van der Waals surface area contributed by atoms with E-state index in [-0.39, 0.29) is 11.5 Å². The van der Waals surface area contributed by atoms with Gasteiger partial charge >= 0.3 is 5.97 Å². The van der Waals surface area contributed by atoms with Crippen LogP contribution >= 0.6 is 0 Å². The van der Waals surface area contributed by atoms with Crippen LogP contribution in [-0.4, -0.2) is 20.4 Å². The van der Waals surface area contributed by atoms with Crippen molar-refractivity contribution in [1.29, 1.82) is 0 Å². The summed E-state index contributed by atoms with van der Waals surface area (Å²) in [5.41, 5.74) is 1.38. The van der Waals surface area contributed by atoms with Crippen molar-refractivity contribution < 1.29 is 27.6 Å². The molecule has 2 N–H and O–H groups in total. The molecule has 0 amide bonds. The van der Waals surface area contributed by atoms with Gasteiger partial charge in [0.25, 0.3) is 0 Å². The molecule has 0 bridgehead atoms. The van der Waals surface area contributed by atoms with Gasteiger partial charge in [-0.15, -0.1) is 4.72 Å². The second-order valence-corrected chi connectivity index (χ2v) is 11.4. The number of carbonyl (C=O) groups is 1. The second-order valence-electron chi connectivity index (χ2n) is 9.39. The Hall–Kier alpha value is -2.03. The second kappa shape index (κ2) is 9.08. The maximum Gasteiger partial charge on any atom is 0.305 e. The molecule has 1 aliphatic carbocycles. The first-order chi connectivity index (χ1) is 14.8. The van der Waals surface area contributed by atoms with Crippen LogP contribution in [0.4, 0.5) is 13.2 Å². The van der Waals surface area contributed by atoms with Gasteiger partial charge in [0.15, 0.2) is 0 Å². The largest absolute Gasteiger partial charge is 0.598 e. The van der Waals surface area contributed by atoms with Crippen LogP contribution < -0.4 is 4.72 Å². The van der Waals surface area contributed by atoms with Gasteiger partial charge in [0, 0.05) is 22.5 Å². The number of rotatable bonds is 7. The molecule has 1 saturated carbocycles. The van der Waals surface area contributed by atoms with Gasteiger partial charge in [0.05, 0.1) is 12.5 Å². The number of carboxylic acid groups (broad SMARTS) is 1. The SMILES string of the molecule is Cc1cc(F)cc(C)c1-c1cc(C2CC2)c(F)c([C@H](CC(=O)O)N[S@+]([O-])C(C)(C)C)c1F. The molecule has 2 aromatic carbocycles. The summed E-state index contributed by atoms with van der Waals surface area (Å²) in [5, 5.41) is 9.41. The fourth-order valence-electron chi connectivity index (χ4n) is 3.88. The van der Waals surface area contributed by atoms with Gasteiger partial charge in [-0.2, -0.15) is 0 Å². The lowest BCUT2D eigenvalue weighted by Crippen LogP contribution is -2.42. The van der Waals surface area contributed by atoms with E-state index < -0.39 is 57.6 Å². The van der Waals surface area contributed by atoms with Gasteiger partial charge in [0.2, 0.25) is 0 Å². The van der Waals surface area contributed by atoms with Crippen molar-refractivity contribution in [1.82, 2.24) is 4.72 Å². The number of hydrogen-bond acceptors (Lipinski definition) is 3. The molecule has 0 saturated heterocycles. The van der Waals surface area contributed by atoms with Gasteiger partial charge in [-0.3, -0.25) is 4.79 Å². The molecule has 0 spiro atoms. The van der Waals surface area contributed by atoms with E-state index in [1.165, 1.54) is 18.2 Å². The van der Waals surface area contributed by atoms with E-state index in [9.17, 15) is 18.8 Å². The fourth-order valence-corrected chi connectivity index (χ4v) is 4.69. The summed E-state index contributed by atoms with van der Waals surface area (Å²) in [6, 6.07) is 2.68. The Morgan fingerprint density at radius 1 is 1.16 bits per heavy atom. The maximum atomic E-state index is 15.9. The molecule has 0 aliphatic heterocycles. The summed E-state index contributed by atoms with van der Waals surface area (Å²) >= 11 is -1.76. The molecule has 174 valence electrons. The van der Waals surface area contributed by atoms with Crippen LogP contribution in [0, 0.1) is 31.3 Å². The van der Waals surface area contributed by atoms with Crippen molar-refractivity contribution >= 4 is 17.3 Å². The number of carboxylic acids is 1. The van der Waals surface area contributed by atoms with Crippen LogP contribution in [0.15, 0.2) is 18.2 Å². The Kier molecular flexibility index (Phi) is 6.98. The number of benzene rings is 2. The molecule has 0 aromatic heterocycles. The van der Waals surface area contributed by atoms with Gasteiger partial charge in [-0.05, 0) is 93.8 Å². The highest BCUT2D eigenvalue weighted by Crippen LogP contribution is 2.46. The van der Waals surface area contributed by atoms with Gasteiger partial charge in [0.1, 0.15) is 22.2 Å². The van der Waals surface area contributed by atoms with Crippen molar-refractivity contribution in [3.05, 3.63) is 57.9 Å². The summed E-state index contributed by atoms with van der Waals surface area (Å²) in [7, 11) is 0. The number of halogens is 3. The summed E-state index contributed by atoms with van der Waals surface area (Å²) in [6.45, 7) is 8.33. The van der Waals surface area contributed by atoms with Crippen LogP contribution in [0.1, 0.15) is 74.2 Å². The number of hydrogen-bond donors (Lipinski definition) is 2. The molecule has 0 unspecified atom stereocenters. The van der Waals surface area contributed by atoms with Crippen molar-refractivity contribution in [2.45, 2.75) is 70.6 Å². The third kappa shape index (κ3) is 5.13. The number of aliphatic carboxylic acids is 1. The Labute approximate surface area is 189 Å². The Morgan fingerprint density at radius 3 is 2.19 bits per heavy atom. The molecule has 2 atom stereocenters. The lowest BCUT2D eigenvalue weighted by Gasteiger charge is -2.29. The zero-order valence-corrected chi connectivity index (χ0v) is 19.6. The minimum Gasteiger partial charge on any atom is -0.598 e. The summed E-state index contributed by atoms with van der Waals surface area (Å²) in [6.07, 6.45) is 0.839. The van der Waals surface area contributed by atoms with Crippen molar-refractivity contribution in [2.24, 2.45) is 0 Å².